The van der Waals surface area contributed by atoms with E-state index < -0.39 is 0 Å². The van der Waals surface area contributed by atoms with Crippen molar-refractivity contribution < 1.29 is 4.79 Å². The standard InChI is InChI=1S/C18H25NO/c19-12-14-6-1-2-10-16(14)18(20)17-11-4-3-9-15(17)13-7-5-8-13/h3-4,9,11,13-14,16H,1-2,5-8,10,12,19H2. The molecule has 0 aliphatic heterocycles. The molecular weight excluding hydrogens is 246 g/mol. The fourth-order valence-electron chi connectivity index (χ4n) is 3.83. The number of ketones is 1. The summed E-state index contributed by atoms with van der Waals surface area (Å²) in [4.78, 5) is 13.0. The minimum Gasteiger partial charge on any atom is -0.330 e. The van der Waals surface area contributed by atoms with E-state index in [0.717, 1.165) is 18.4 Å². The molecule has 2 nitrogen and oxygen atoms in total. The first-order valence-electron chi connectivity index (χ1n) is 8.14. The maximum atomic E-state index is 13.0. The third-order valence-electron chi connectivity index (χ3n) is 5.32. The summed E-state index contributed by atoms with van der Waals surface area (Å²) in [7, 11) is 0. The molecule has 0 bridgehead atoms. The second kappa shape index (κ2) is 6.09. The Labute approximate surface area is 121 Å². The molecule has 2 aliphatic carbocycles. The molecule has 3 rings (SSSR count). The van der Waals surface area contributed by atoms with Crippen molar-refractivity contribution in [2.45, 2.75) is 50.9 Å². The van der Waals surface area contributed by atoms with E-state index in [1.54, 1.807) is 0 Å². The van der Waals surface area contributed by atoms with Gasteiger partial charge < -0.3 is 5.73 Å². The van der Waals surface area contributed by atoms with Gasteiger partial charge in [0.25, 0.3) is 0 Å². The van der Waals surface area contributed by atoms with Crippen LogP contribution in [0.3, 0.4) is 0 Å². The van der Waals surface area contributed by atoms with Crippen LogP contribution in [0.4, 0.5) is 0 Å². The van der Waals surface area contributed by atoms with Crippen LogP contribution in [0.15, 0.2) is 24.3 Å². The van der Waals surface area contributed by atoms with Crippen molar-refractivity contribution in [3.63, 3.8) is 0 Å². The molecule has 20 heavy (non-hydrogen) atoms. The number of Topliss-reactive ketones (excluding diaryl/α,β-unsaturated/α-hetero) is 1. The van der Waals surface area contributed by atoms with Gasteiger partial charge in [0, 0.05) is 11.5 Å². The minimum atomic E-state index is 0.162. The van der Waals surface area contributed by atoms with Gasteiger partial charge in [0.15, 0.2) is 5.78 Å². The Bertz CT molecular complexity index is 478. The second-order valence-electron chi connectivity index (χ2n) is 6.47. The van der Waals surface area contributed by atoms with E-state index in [0.29, 0.717) is 24.2 Å². The highest BCUT2D eigenvalue weighted by atomic mass is 16.1. The number of hydrogen-bond acceptors (Lipinski definition) is 2. The van der Waals surface area contributed by atoms with Crippen molar-refractivity contribution in [3.05, 3.63) is 35.4 Å². The van der Waals surface area contributed by atoms with E-state index in [2.05, 4.69) is 12.1 Å². The number of benzene rings is 1. The molecule has 0 spiro atoms. The van der Waals surface area contributed by atoms with Crippen molar-refractivity contribution in [3.8, 4) is 0 Å². The maximum Gasteiger partial charge on any atom is 0.166 e. The second-order valence-corrected chi connectivity index (χ2v) is 6.47. The Morgan fingerprint density at radius 3 is 2.50 bits per heavy atom. The first-order valence-corrected chi connectivity index (χ1v) is 8.14. The average Bonchev–Trinajstić information content (AvgIpc) is 2.45. The van der Waals surface area contributed by atoms with Crippen LogP contribution >= 0.6 is 0 Å². The minimum absolute atomic E-state index is 0.162. The van der Waals surface area contributed by atoms with Crippen LogP contribution in [0.1, 0.15) is 66.8 Å². The summed E-state index contributed by atoms with van der Waals surface area (Å²) in [5.41, 5.74) is 8.18. The smallest absolute Gasteiger partial charge is 0.166 e. The lowest BCUT2D eigenvalue weighted by atomic mass is 9.72. The number of carbonyl (C=O) groups excluding carboxylic acids is 1. The normalized spacial score (nSPS) is 27.1. The van der Waals surface area contributed by atoms with E-state index in [1.807, 2.05) is 12.1 Å². The lowest BCUT2D eigenvalue weighted by molar-refractivity contribution is 0.0827. The maximum absolute atomic E-state index is 13.0. The molecule has 0 aromatic heterocycles. The number of carbonyl (C=O) groups is 1. The Kier molecular flexibility index (Phi) is 4.21. The Balaban J connectivity index is 1.85. The molecule has 0 heterocycles. The zero-order valence-electron chi connectivity index (χ0n) is 12.2. The van der Waals surface area contributed by atoms with Gasteiger partial charge in [0.2, 0.25) is 0 Å². The molecule has 1 aromatic rings. The molecule has 2 saturated carbocycles. The Hall–Kier alpha value is -1.15. The largest absolute Gasteiger partial charge is 0.330 e. The van der Waals surface area contributed by atoms with Gasteiger partial charge in [0.1, 0.15) is 0 Å². The summed E-state index contributed by atoms with van der Waals surface area (Å²) < 4.78 is 0. The SMILES string of the molecule is NCC1CCCCC1C(=O)c1ccccc1C1CCC1. The molecule has 2 unspecified atom stereocenters. The topological polar surface area (TPSA) is 43.1 Å². The molecule has 0 saturated heterocycles. The highest BCUT2D eigenvalue weighted by Gasteiger charge is 2.33. The zero-order valence-corrected chi connectivity index (χ0v) is 12.2. The first kappa shape index (κ1) is 13.8. The predicted octanol–water partition coefficient (Wildman–Crippen LogP) is 3.90. The highest BCUT2D eigenvalue weighted by molar-refractivity contribution is 5.99. The van der Waals surface area contributed by atoms with Crippen LogP contribution in [0.2, 0.25) is 0 Å². The van der Waals surface area contributed by atoms with Crippen molar-refractivity contribution in [2.75, 3.05) is 6.54 Å². The lowest BCUT2D eigenvalue weighted by Gasteiger charge is -2.32. The van der Waals surface area contributed by atoms with Gasteiger partial charge in [-0.15, -0.1) is 0 Å². The van der Waals surface area contributed by atoms with E-state index in [-0.39, 0.29) is 5.92 Å². The van der Waals surface area contributed by atoms with Gasteiger partial charge in [-0.3, -0.25) is 4.79 Å². The lowest BCUT2D eigenvalue weighted by Crippen LogP contribution is -2.33. The first-order chi connectivity index (χ1) is 9.81. The summed E-state index contributed by atoms with van der Waals surface area (Å²) in [6.07, 6.45) is 8.36. The van der Waals surface area contributed by atoms with Crippen molar-refractivity contribution in [1.82, 2.24) is 0 Å². The van der Waals surface area contributed by atoms with Crippen molar-refractivity contribution in [1.29, 1.82) is 0 Å². The van der Waals surface area contributed by atoms with Crippen LogP contribution in [0.5, 0.6) is 0 Å². The molecular formula is C18H25NO. The molecule has 108 valence electrons. The fourth-order valence-corrected chi connectivity index (χ4v) is 3.83. The van der Waals surface area contributed by atoms with Gasteiger partial charge in [-0.2, -0.15) is 0 Å². The van der Waals surface area contributed by atoms with Crippen LogP contribution in [0.25, 0.3) is 0 Å². The van der Waals surface area contributed by atoms with Crippen LogP contribution in [-0.2, 0) is 0 Å². The molecule has 2 heteroatoms. The van der Waals surface area contributed by atoms with Crippen LogP contribution in [0, 0.1) is 11.8 Å². The Morgan fingerprint density at radius 2 is 1.80 bits per heavy atom. The van der Waals surface area contributed by atoms with Gasteiger partial charge >= 0.3 is 0 Å². The zero-order chi connectivity index (χ0) is 13.9. The predicted molar refractivity (Wildman–Crippen MR) is 81.9 cm³/mol. The van der Waals surface area contributed by atoms with E-state index >= 15 is 0 Å². The number of rotatable bonds is 4. The molecule has 0 amide bonds. The summed E-state index contributed by atoms with van der Waals surface area (Å²) in [5, 5.41) is 0. The van der Waals surface area contributed by atoms with E-state index in [1.165, 1.54) is 37.7 Å². The molecule has 2 atom stereocenters. The van der Waals surface area contributed by atoms with E-state index in [4.69, 9.17) is 5.73 Å². The van der Waals surface area contributed by atoms with Crippen LogP contribution < -0.4 is 5.73 Å². The van der Waals surface area contributed by atoms with Crippen molar-refractivity contribution in [2.24, 2.45) is 17.6 Å². The summed E-state index contributed by atoms with van der Waals surface area (Å²) in [5.74, 6) is 1.54. The van der Waals surface area contributed by atoms with Crippen molar-refractivity contribution >= 4 is 5.78 Å². The molecule has 2 N–H and O–H groups in total. The van der Waals surface area contributed by atoms with Gasteiger partial charge in [-0.1, -0.05) is 43.5 Å². The molecule has 1 aromatic carbocycles. The quantitative estimate of drug-likeness (QED) is 0.844. The van der Waals surface area contributed by atoms with E-state index in [9.17, 15) is 4.79 Å². The van der Waals surface area contributed by atoms with Crippen LogP contribution in [-0.4, -0.2) is 12.3 Å². The third-order valence-corrected chi connectivity index (χ3v) is 5.32. The average molecular weight is 271 g/mol. The summed E-state index contributed by atoms with van der Waals surface area (Å²) >= 11 is 0. The monoisotopic (exact) mass is 271 g/mol. The fraction of sp³-hybridized carbons (Fsp3) is 0.611. The molecule has 2 fully saturated rings. The molecule has 0 radical (unpaired) electrons. The summed E-state index contributed by atoms with van der Waals surface area (Å²) in [6, 6.07) is 8.29. The van der Waals surface area contributed by atoms with Gasteiger partial charge in [-0.05, 0) is 49.6 Å². The molecule has 2 aliphatic rings. The number of nitrogens with two attached hydrogens (primary N) is 1. The van der Waals surface area contributed by atoms with Gasteiger partial charge in [-0.25, -0.2) is 0 Å². The third kappa shape index (κ3) is 2.54. The Morgan fingerprint density at radius 1 is 1.05 bits per heavy atom. The van der Waals surface area contributed by atoms with Gasteiger partial charge in [0.05, 0.1) is 0 Å². The highest BCUT2D eigenvalue weighted by Crippen LogP contribution is 2.40. The summed E-state index contributed by atoms with van der Waals surface area (Å²) in [6.45, 7) is 0.655. The number of hydrogen-bond donors (Lipinski definition) is 1.